The van der Waals surface area contributed by atoms with Gasteiger partial charge in [-0.3, -0.25) is 0 Å². The Labute approximate surface area is 97.5 Å². The maximum Gasteiger partial charge on any atom is 0.338 e. The van der Waals surface area contributed by atoms with Gasteiger partial charge in [-0.2, -0.15) is 0 Å². The second kappa shape index (κ2) is 5.48. The Morgan fingerprint density at radius 2 is 2.31 bits per heavy atom. The van der Waals surface area contributed by atoms with Gasteiger partial charge < -0.3 is 9.84 Å². The SMILES string of the molecule is CC/C=C/[C@H]1CCC[C@]1(O)C(=O)OC(C)C. The molecule has 0 aliphatic heterocycles. The van der Waals surface area contributed by atoms with Crippen LogP contribution in [0.2, 0.25) is 0 Å². The Balaban J connectivity index is 2.73. The summed E-state index contributed by atoms with van der Waals surface area (Å²) in [5, 5.41) is 10.4. The van der Waals surface area contributed by atoms with E-state index in [2.05, 4.69) is 0 Å². The fraction of sp³-hybridized carbons (Fsp3) is 0.769. The summed E-state index contributed by atoms with van der Waals surface area (Å²) < 4.78 is 5.12. The molecule has 1 aliphatic rings. The third-order valence-electron chi connectivity index (χ3n) is 2.99. The number of rotatable bonds is 4. The first-order chi connectivity index (χ1) is 7.50. The highest BCUT2D eigenvalue weighted by molar-refractivity contribution is 5.80. The lowest BCUT2D eigenvalue weighted by Crippen LogP contribution is -2.43. The van der Waals surface area contributed by atoms with E-state index in [9.17, 15) is 9.90 Å². The van der Waals surface area contributed by atoms with Crippen LogP contribution >= 0.6 is 0 Å². The summed E-state index contributed by atoms with van der Waals surface area (Å²) in [6.07, 6.45) is 6.96. The van der Waals surface area contributed by atoms with Crippen LogP contribution < -0.4 is 0 Å². The van der Waals surface area contributed by atoms with Crippen molar-refractivity contribution in [3.8, 4) is 0 Å². The Morgan fingerprint density at radius 3 is 2.88 bits per heavy atom. The average Bonchev–Trinajstić information content (AvgIpc) is 2.57. The number of esters is 1. The van der Waals surface area contributed by atoms with Gasteiger partial charge >= 0.3 is 5.97 Å². The second-order valence-electron chi connectivity index (χ2n) is 4.71. The van der Waals surface area contributed by atoms with Crippen molar-refractivity contribution < 1.29 is 14.6 Å². The van der Waals surface area contributed by atoms with Gasteiger partial charge in [-0.25, -0.2) is 4.79 Å². The zero-order valence-electron chi connectivity index (χ0n) is 10.4. The second-order valence-corrected chi connectivity index (χ2v) is 4.71. The van der Waals surface area contributed by atoms with Gasteiger partial charge in [0, 0.05) is 5.92 Å². The molecule has 0 heterocycles. The molecule has 0 saturated heterocycles. The van der Waals surface area contributed by atoms with Crippen molar-refractivity contribution in [2.75, 3.05) is 0 Å². The predicted molar refractivity (Wildman–Crippen MR) is 62.9 cm³/mol. The van der Waals surface area contributed by atoms with Crippen LogP contribution in [0.4, 0.5) is 0 Å². The molecule has 0 aromatic rings. The minimum absolute atomic E-state index is 0.0845. The minimum atomic E-state index is -1.30. The van der Waals surface area contributed by atoms with Gasteiger partial charge in [0.05, 0.1) is 6.10 Å². The Kier molecular flexibility index (Phi) is 4.54. The van der Waals surface area contributed by atoms with Crippen LogP contribution in [0.5, 0.6) is 0 Å². The lowest BCUT2D eigenvalue weighted by molar-refractivity contribution is -0.171. The summed E-state index contributed by atoms with van der Waals surface area (Å²) >= 11 is 0. The highest BCUT2D eigenvalue weighted by Gasteiger charge is 2.47. The first-order valence-electron chi connectivity index (χ1n) is 6.10. The maximum atomic E-state index is 11.8. The van der Waals surface area contributed by atoms with Gasteiger partial charge in [0.15, 0.2) is 5.60 Å². The molecule has 1 rings (SSSR count). The van der Waals surface area contributed by atoms with Crippen molar-refractivity contribution in [2.45, 2.75) is 58.2 Å². The summed E-state index contributed by atoms with van der Waals surface area (Å²) in [4.78, 5) is 11.8. The average molecular weight is 226 g/mol. The van der Waals surface area contributed by atoms with Crippen LogP contribution in [0.3, 0.4) is 0 Å². The van der Waals surface area contributed by atoms with E-state index in [0.717, 1.165) is 19.3 Å². The highest BCUT2D eigenvalue weighted by atomic mass is 16.6. The van der Waals surface area contributed by atoms with Crippen molar-refractivity contribution in [1.29, 1.82) is 0 Å². The monoisotopic (exact) mass is 226 g/mol. The molecule has 1 fully saturated rings. The van der Waals surface area contributed by atoms with E-state index in [4.69, 9.17) is 4.74 Å². The number of hydrogen-bond acceptors (Lipinski definition) is 3. The molecule has 3 heteroatoms. The van der Waals surface area contributed by atoms with E-state index in [1.807, 2.05) is 19.1 Å². The molecule has 0 spiro atoms. The standard InChI is InChI=1S/C13H22O3/c1-4-5-7-11-8-6-9-13(11,15)12(14)16-10(2)3/h5,7,10-11,15H,4,6,8-9H2,1-3H3/b7-5+/t11-,13+/m0/s1. The molecule has 0 amide bonds. The summed E-state index contributed by atoms with van der Waals surface area (Å²) in [5.41, 5.74) is -1.30. The normalized spacial score (nSPS) is 30.2. The van der Waals surface area contributed by atoms with E-state index >= 15 is 0 Å². The maximum absolute atomic E-state index is 11.8. The van der Waals surface area contributed by atoms with Crippen molar-refractivity contribution in [3.05, 3.63) is 12.2 Å². The number of carbonyl (C=O) groups is 1. The molecule has 0 aromatic heterocycles. The molecular formula is C13H22O3. The van der Waals surface area contributed by atoms with Crippen LogP contribution in [-0.4, -0.2) is 22.8 Å². The van der Waals surface area contributed by atoms with Gasteiger partial charge in [-0.05, 0) is 39.5 Å². The van der Waals surface area contributed by atoms with Crippen molar-refractivity contribution >= 4 is 5.97 Å². The van der Waals surface area contributed by atoms with E-state index in [1.165, 1.54) is 0 Å². The number of ether oxygens (including phenoxy) is 1. The lowest BCUT2D eigenvalue weighted by atomic mass is 9.90. The molecule has 2 atom stereocenters. The number of carbonyl (C=O) groups excluding carboxylic acids is 1. The Hall–Kier alpha value is -0.830. The predicted octanol–water partition coefficient (Wildman–Crippen LogP) is 2.44. The molecule has 0 aromatic carbocycles. The third kappa shape index (κ3) is 2.85. The van der Waals surface area contributed by atoms with E-state index in [1.54, 1.807) is 13.8 Å². The summed E-state index contributed by atoms with van der Waals surface area (Å²) in [6, 6.07) is 0. The van der Waals surface area contributed by atoms with Gasteiger partial charge in [-0.1, -0.05) is 19.1 Å². The zero-order valence-corrected chi connectivity index (χ0v) is 10.4. The number of allylic oxidation sites excluding steroid dienone is 1. The molecular weight excluding hydrogens is 204 g/mol. The summed E-state index contributed by atoms with van der Waals surface area (Å²) in [5.74, 6) is -0.551. The summed E-state index contributed by atoms with van der Waals surface area (Å²) in [6.45, 7) is 5.64. The quantitative estimate of drug-likeness (QED) is 0.591. The highest BCUT2D eigenvalue weighted by Crippen LogP contribution is 2.37. The van der Waals surface area contributed by atoms with Crippen LogP contribution in [0.25, 0.3) is 0 Å². The molecule has 3 nitrogen and oxygen atoms in total. The minimum Gasteiger partial charge on any atom is -0.461 e. The van der Waals surface area contributed by atoms with E-state index in [-0.39, 0.29) is 12.0 Å². The molecule has 0 bridgehead atoms. The van der Waals surface area contributed by atoms with Gasteiger partial charge in [0.2, 0.25) is 0 Å². The largest absolute Gasteiger partial charge is 0.461 e. The van der Waals surface area contributed by atoms with E-state index < -0.39 is 11.6 Å². The van der Waals surface area contributed by atoms with Crippen LogP contribution in [-0.2, 0) is 9.53 Å². The smallest absolute Gasteiger partial charge is 0.338 e. The van der Waals surface area contributed by atoms with Gasteiger partial charge in [0.1, 0.15) is 0 Å². The van der Waals surface area contributed by atoms with Crippen LogP contribution in [0.15, 0.2) is 12.2 Å². The first kappa shape index (κ1) is 13.2. The van der Waals surface area contributed by atoms with Crippen molar-refractivity contribution in [1.82, 2.24) is 0 Å². The van der Waals surface area contributed by atoms with Crippen molar-refractivity contribution in [2.24, 2.45) is 5.92 Å². The number of hydrogen-bond donors (Lipinski definition) is 1. The van der Waals surface area contributed by atoms with Crippen LogP contribution in [0.1, 0.15) is 46.5 Å². The first-order valence-corrected chi connectivity index (χ1v) is 6.10. The fourth-order valence-electron chi connectivity index (χ4n) is 2.14. The fourth-order valence-corrected chi connectivity index (χ4v) is 2.14. The molecule has 0 radical (unpaired) electrons. The van der Waals surface area contributed by atoms with Gasteiger partial charge in [0.25, 0.3) is 0 Å². The molecule has 16 heavy (non-hydrogen) atoms. The Bertz CT molecular complexity index is 270. The number of aliphatic hydroxyl groups is 1. The molecule has 1 N–H and O–H groups in total. The Morgan fingerprint density at radius 1 is 1.62 bits per heavy atom. The van der Waals surface area contributed by atoms with Crippen molar-refractivity contribution in [3.63, 3.8) is 0 Å². The van der Waals surface area contributed by atoms with E-state index in [0.29, 0.717) is 6.42 Å². The van der Waals surface area contributed by atoms with Crippen LogP contribution in [0, 0.1) is 5.92 Å². The molecule has 1 aliphatic carbocycles. The third-order valence-corrected chi connectivity index (χ3v) is 2.99. The summed E-state index contributed by atoms with van der Waals surface area (Å²) in [7, 11) is 0. The lowest BCUT2D eigenvalue weighted by Gasteiger charge is -2.26. The molecule has 92 valence electrons. The van der Waals surface area contributed by atoms with Gasteiger partial charge in [-0.15, -0.1) is 0 Å². The zero-order chi connectivity index (χ0) is 12.2. The molecule has 1 saturated carbocycles. The molecule has 0 unspecified atom stereocenters. The topological polar surface area (TPSA) is 46.5 Å².